The zero-order chi connectivity index (χ0) is 50.1. The maximum Gasteiger partial charge on any atom is 0.306 e. The standard InChI is InChI=1S/C58H113N2O7P/c1-7-10-13-16-19-22-25-27-28-29-30-31-32-33-36-39-42-45-48-51-58(62)67-56(49-46-43-40-37-35-26-23-20-17-14-11-8-2)55(54-66-68(63,64)65-53-52-60(4,5)6)59-57(61)50-47-44-41-38-34-24-21-18-15-12-9-3/h27-28,46,49,55-56H,7-26,29-45,47-48,50-54H2,1-6H3,(H-,59,61,63,64)/b28-27+,49-46+. The number of hydrogen-bond donors (Lipinski definition) is 1. The molecule has 0 radical (unpaired) electrons. The van der Waals surface area contributed by atoms with Crippen LogP contribution in [0.3, 0.4) is 0 Å². The third kappa shape index (κ3) is 49.5. The molecule has 0 saturated heterocycles. The minimum Gasteiger partial charge on any atom is -0.756 e. The van der Waals surface area contributed by atoms with Crippen molar-refractivity contribution >= 4 is 19.7 Å². The molecule has 1 amide bonds. The van der Waals surface area contributed by atoms with Crippen LogP contribution in [0.5, 0.6) is 0 Å². The van der Waals surface area contributed by atoms with Crippen LogP contribution in [0.4, 0.5) is 0 Å². The van der Waals surface area contributed by atoms with Crippen molar-refractivity contribution < 1.29 is 37.3 Å². The maximum atomic E-state index is 13.4. The summed E-state index contributed by atoms with van der Waals surface area (Å²) in [7, 11) is 1.20. The van der Waals surface area contributed by atoms with E-state index in [4.69, 9.17) is 13.8 Å². The highest BCUT2D eigenvalue weighted by Crippen LogP contribution is 2.38. The number of phosphoric ester groups is 1. The molecule has 0 heterocycles. The van der Waals surface area contributed by atoms with Gasteiger partial charge in [0, 0.05) is 12.8 Å². The smallest absolute Gasteiger partial charge is 0.306 e. The minimum absolute atomic E-state index is 0.0193. The van der Waals surface area contributed by atoms with E-state index in [1.165, 1.54) is 193 Å². The first-order valence-corrected chi connectivity index (χ1v) is 30.6. The van der Waals surface area contributed by atoms with Crippen molar-refractivity contribution in [3.8, 4) is 0 Å². The Bertz CT molecular complexity index is 1220. The zero-order valence-electron chi connectivity index (χ0n) is 45.8. The van der Waals surface area contributed by atoms with E-state index in [0.717, 1.165) is 57.8 Å². The van der Waals surface area contributed by atoms with Crippen LogP contribution in [0.25, 0.3) is 0 Å². The van der Waals surface area contributed by atoms with Gasteiger partial charge >= 0.3 is 5.97 Å². The van der Waals surface area contributed by atoms with Gasteiger partial charge in [0.05, 0.1) is 33.8 Å². The number of likely N-dealkylation sites (N-methyl/N-ethyl adjacent to an activating group) is 1. The van der Waals surface area contributed by atoms with Crippen molar-refractivity contribution in [2.45, 2.75) is 296 Å². The molecule has 402 valence electrons. The molecule has 0 aromatic heterocycles. The Morgan fingerprint density at radius 1 is 0.500 bits per heavy atom. The van der Waals surface area contributed by atoms with Crippen LogP contribution in [0.1, 0.15) is 284 Å². The van der Waals surface area contributed by atoms with Gasteiger partial charge in [-0.3, -0.25) is 14.2 Å². The number of phosphoric acid groups is 1. The summed E-state index contributed by atoms with van der Waals surface area (Å²) in [5.41, 5.74) is 0. The number of allylic oxidation sites excluding steroid dienone is 3. The lowest BCUT2D eigenvalue weighted by Crippen LogP contribution is -2.47. The molecule has 3 unspecified atom stereocenters. The number of nitrogens with one attached hydrogen (secondary N) is 1. The van der Waals surface area contributed by atoms with Gasteiger partial charge in [-0.2, -0.15) is 0 Å². The summed E-state index contributed by atoms with van der Waals surface area (Å²) >= 11 is 0. The second kappa shape index (κ2) is 49.1. The van der Waals surface area contributed by atoms with Crippen LogP contribution in [-0.2, 0) is 27.9 Å². The molecule has 0 aromatic carbocycles. The molecule has 0 spiro atoms. The van der Waals surface area contributed by atoms with Gasteiger partial charge in [-0.05, 0) is 57.4 Å². The largest absolute Gasteiger partial charge is 0.756 e. The molecular formula is C58H113N2O7P. The van der Waals surface area contributed by atoms with Crippen LogP contribution in [-0.4, -0.2) is 69.4 Å². The molecule has 3 atom stereocenters. The lowest BCUT2D eigenvalue weighted by Gasteiger charge is -2.30. The van der Waals surface area contributed by atoms with Crippen molar-refractivity contribution in [3.63, 3.8) is 0 Å². The van der Waals surface area contributed by atoms with Gasteiger partial charge in [0.15, 0.2) is 0 Å². The SMILES string of the molecule is CCCCCCCC/C=C/CCCCCCCCCCCC(=O)OC(/C=C/CCCCCCCCCCCC)C(COP(=O)([O-])OCC[N+](C)(C)C)NC(=O)CCCCCCCCCCCCC. The Morgan fingerprint density at radius 2 is 0.853 bits per heavy atom. The highest BCUT2D eigenvalue weighted by Gasteiger charge is 2.27. The Kier molecular flexibility index (Phi) is 48.0. The van der Waals surface area contributed by atoms with Gasteiger partial charge in [-0.15, -0.1) is 0 Å². The molecule has 0 aliphatic heterocycles. The molecule has 0 aliphatic rings. The first kappa shape index (κ1) is 66.5. The molecule has 0 rings (SSSR count). The van der Waals surface area contributed by atoms with E-state index in [-0.39, 0.29) is 31.5 Å². The molecule has 0 aromatic rings. The maximum absolute atomic E-state index is 13.4. The number of esters is 1. The van der Waals surface area contributed by atoms with Gasteiger partial charge in [-0.1, -0.05) is 238 Å². The molecule has 68 heavy (non-hydrogen) atoms. The van der Waals surface area contributed by atoms with Crippen molar-refractivity contribution in [3.05, 3.63) is 24.3 Å². The van der Waals surface area contributed by atoms with Crippen LogP contribution in [0.2, 0.25) is 0 Å². The van der Waals surface area contributed by atoms with Gasteiger partial charge in [0.1, 0.15) is 19.3 Å². The molecule has 9 nitrogen and oxygen atoms in total. The summed E-state index contributed by atoms with van der Waals surface area (Å²) in [4.78, 5) is 39.8. The first-order chi connectivity index (χ1) is 32.9. The second-order valence-corrected chi connectivity index (χ2v) is 22.6. The van der Waals surface area contributed by atoms with Crippen molar-refractivity contribution in [2.75, 3.05) is 40.9 Å². The number of ether oxygens (including phenoxy) is 1. The molecule has 1 N–H and O–H groups in total. The van der Waals surface area contributed by atoms with E-state index in [1.54, 1.807) is 0 Å². The molecular weight excluding hydrogens is 868 g/mol. The summed E-state index contributed by atoms with van der Waals surface area (Å²) in [6.45, 7) is 6.85. The van der Waals surface area contributed by atoms with E-state index in [0.29, 0.717) is 17.4 Å². The fourth-order valence-electron chi connectivity index (χ4n) is 8.58. The summed E-state index contributed by atoms with van der Waals surface area (Å²) in [5.74, 6) is -0.533. The third-order valence-electron chi connectivity index (χ3n) is 13.1. The highest BCUT2D eigenvalue weighted by atomic mass is 31.2. The molecule has 0 aliphatic carbocycles. The third-order valence-corrected chi connectivity index (χ3v) is 14.1. The zero-order valence-corrected chi connectivity index (χ0v) is 46.7. The van der Waals surface area contributed by atoms with Crippen LogP contribution in [0, 0.1) is 0 Å². The average Bonchev–Trinajstić information content (AvgIpc) is 3.29. The lowest BCUT2D eigenvalue weighted by atomic mass is 10.0. The molecule has 0 bridgehead atoms. The van der Waals surface area contributed by atoms with Gasteiger partial charge in [0.2, 0.25) is 5.91 Å². The fraction of sp³-hybridized carbons (Fsp3) is 0.897. The molecule has 0 fully saturated rings. The fourth-order valence-corrected chi connectivity index (χ4v) is 9.30. The summed E-state index contributed by atoms with van der Waals surface area (Å²) in [5, 5.41) is 3.02. The number of carbonyl (C=O) groups is 2. The van der Waals surface area contributed by atoms with Gasteiger partial charge in [0.25, 0.3) is 7.82 Å². The van der Waals surface area contributed by atoms with E-state index in [9.17, 15) is 19.0 Å². The molecule has 10 heteroatoms. The second-order valence-electron chi connectivity index (χ2n) is 21.2. The minimum atomic E-state index is -4.68. The normalized spacial score (nSPS) is 13.9. The molecule has 0 saturated carbocycles. The number of quaternary nitrogens is 1. The summed E-state index contributed by atoms with van der Waals surface area (Å²) < 4.78 is 30.2. The lowest BCUT2D eigenvalue weighted by molar-refractivity contribution is -0.870. The van der Waals surface area contributed by atoms with Crippen LogP contribution >= 0.6 is 7.82 Å². The Morgan fingerprint density at radius 3 is 1.25 bits per heavy atom. The predicted molar refractivity (Wildman–Crippen MR) is 289 cm³/mol. The van der Waals surface area contributed by atoms with E-state index in [1.807, 2.05) is 33.3 Å². The number of carbonyl (C=O) groups excluding carboxylic acids is 2. The Balaban J connectivity index is 5.25. The van der Waals surface area contributed by atoms with Gasteiger partial charge in [-0.25, -0.2) is 0 Å². The van der Waals surface area contributed by atoms with E-state index in [2.05, 4.69) is 38.2 Å². The summed E-state index contributed by atoms with van der Waals surface area (Å²) in [6.07, 6.45) is 55.7. The summed E-state index contributed by atoms with van der Waals surface area (Å²) in [6, 6.07) is -0.881. The quantitative estimate of drug-likeness (QED) is 0.0212. The highest BCUT2D eigenvalue weighted by molar-refractivity contribution is 7.45. The average molecular weight is 982 g/mol. The number of hydrogen-bond acceptors (Lipinski definition) is 7. The van der Waals surface area contributed by atoms with Crippen molar-refractivity contribution in [1.29, 1.82) is 0 Å². The Hall–Kier alpha value is -1.51. The predicted octanol–water partition coefficient (Wildman–Crippen LogP) is 16.8. The van der Waals surface area contributed by atoms with Crippen molar-refractivity contribution in [2.24, 2.45) is 0 Å². The van der Waals surface area contributed by atoms with Gasteiger partial charge < -0.3 is 28.5 Å². The number of unbranched alkanes of at least 4 members (excludes halogenated alkanes) is 35. The van der Waals surface area contributed by atoms with Crippen LogP contribution in [0.15, 0.2) is 24.3 Å². The monoisotopic (exact) mass is 981 g/mol. The number of nitrogens with zero attached hydrogens (tertiary/aromatic N) is 1. The van der Waals surface area contributed by atoms with E-state index >= 15 is 0 Å². The van der Waals surface area contributed by atoms with Crippen LogP contribution < -0.4 is 10.2 Å². The van der Waals surface area contributed by atoms with Crippen molar-refractivity contribution in [1.82, 2.24) is 5.32 Å². The Labute approximate surface area is 422 Å². The van der Waals surface area contributed by atoms with E-state index < -0.39 is 20.0 Å². The first-order valence-electron chi connectivity index (χ1n) is 29.1. The topological polar surface area (TPSA) is 114 Å². The number of rotatable bonds is 53. The number of amides is 1.